The Morgan fingerprint density at radius 3 is 2.16 bits per heavy atom. The summed E-state index contributed by atoms with van der Waals surface area (Å²) in [6, 6.07) is 11.1. The second-order valence-corrected chi connectivity index (χ2v) is 40.1. The quantitative estimate of drug-likeness (QED) is 0.338. The van der Waals surface area contributed by atoms with Gasteiger partial charge >= 0.3 is 186 Å². The molecule has 0 saturated carbocycles. The summed E-state index contributed by atoms with van der Waals surface area (Å²) in [7, 11) is 0. The predicted octanol–water partition coefficient (Wildman–Crippen LogP) is 8.40. The van der Waals surface area contributed by atoms with Crippen LogP contribution in [0.1, 0.15) is 62.1 Å². The van der Waals surface area contributed by atoms with E-state index in [1.165, 1.54) is 22.3 Å². The maximum Gasteiger partial charge on any atom is -0.147 e. The number of rotatable bonds is 4. The van der Waals surface area contributed by atoms with E-state index in [0.29, 0.717) is 9.54 Å². The van der Waals surface area contributed by atoms with Crippen molar-refractivity contribution in [2.75, 3.05) is 0 Å². The Bertz CT molecular complexity index is 1220. The van der Waals surface area contributed by atoms with Crippen LogP contribution in [0.2, 0.25) is 9.26 Å². The fourth-order valence-corrected chi connectivity index (χ4v) is 28.3. The fourth-order valence-electron chi connectivity index (χ4n) is 6.55. The average Bonchev–Trinajstić information content (AvgIpc) is 3.33. The van der Waals surface area contributed by atoms with Crippen LogP contribution in [-0.4, -0.2) is 6.88 Å². The minimum absolute atomic E-state index is 0. The topological polar surface area (TPSA) is 13.1 Å². The maximum atomic E-state index is 6.16. The number of benzene rings is 1. The number of hydrogen-bond acceptors (Lipinski definition) is 1. The van der Waals surface area contributed by atoms with Crippen LogP contribution >= 0.6 is 24.8 Å². The third-order valence-electron chi connectivity index (χ3n) is 8.00. The first-order chi connectivity index (χ1) is 14.0. The summed E-state index contributed by atoms with van der Waals surface area (Å²) in [5.41, 5.74) is 10.4. The van der Waals surface area contributed by atoms with Crippen LogP contribution in [0.3, 0.4) is 0 Å². The molecule has 2 aromatic rings. The van der Waals surface area contributed by atoms with E-state index in [2.05, 4.69) is 94.1 Å². The number of fused-ring (bicyclic) bond motifs is 1. The zero-order valence-electron chi connectivity index (χ0n) is 20.8. The van der Waals surface area contributed by atoms with Crippen molar-refractivity contribution in [1.29, 1.82) is 0 Å². The molecule has 2 aliphatic carbocycles. The summed E-state index contributed by atoms with van der Waals surface area (Å²) in [4.78, 5) is 0. The molecule has 2 unspecified atom stereocenters. The van der Waals surface area contributed by atoms with Crippen molar-refractivity contribution < 1.29 is 21.8 Å². The van der Waals surface area contributed by atoms with Crippen LogP contribution in [0.25, 0.3) is 17.4 Å². The van der Waals surface area contributed by atoms with Crippen molar-refractivity contribution in [3.63, 3.8) is 0 Å². The summed E-state index contributed by atoms with van der Waals surface area (Å²) < 4.78 is 13.9. The Balaban J connectivity index is 0.00000181. The molecule has 0 fully saturated rings. The molecule has 32 heavy (non-hydrogen) atoms. The van der Waals surface area contributed by atoms with Crippen molar-refractivity contribution >= 4 is 37.8 Å². The summed E-state index contributed by atoms with van der Waals surface area (Å²) in [6.45, 7) is 16.4. The van der Waals surface area contributed by atoms with Gasteiger partial charge in [0.05, 0.1) is 0 Å². The zero-order chi connectivity index (χ0) is 22.0. The first-order valence-corrected chi connectivity index (χ1v) is 24.8. The molecule has 0 spiro atoms. The maximum absolute atomic E-state index is 6.16. The molecule has 1 nitrogen and oxygen atoms in total. The van der Waals surface area contributed by atoms with Gasteiger partial charge in [0.25, 0.3) is 0 Å². The van der Waals surface area contributed by atoms with Crippen LogP contribution in [0.5, 0.6) is 0 Å². The van der Waals surface area contributed by atoms with Crippen molar-refractivity contribution in [1.82, 2.24) is 0 Å². The van der Waals surface area contributed by atoms with E-state index in [0.717, 1.165) is 17.9 Å². The molecular weight excluding hydrogens is 531 g/mol. The van der Waals surface area contributed by atoms with Gasteiger partial charge in [0, 0.05) is 0 Å². The van der Waals surface area contributed by atoms with E-state index in [9.17, 15) is 0 Å². The summed E-state index contributed by atoms with van der Waals surface area (Å²) >= 11 is -3.33. The Kier molecular flexibility index (Phi) is 7.96. The molecule has 0 amide bonds. The summed E-state index contributed by atoms with van der Waals surface area (Å²) in [5.74, 6) is 2.65. The van der Waals surface area contributed by atoms with Gasteiger partial charge in [0.15, 0.2) is 0 Å². The van der Waals surface area contributed by atoms with Gasteiger partial charge in [-0.25, -0.2) is 0 Å². The smallest absolute Gasteiger partial charge is 0.147 e. The minimum atomic E-state index is -3.33. The van der Waals surface area contributed by atoms with Crippen molar-refractivity contribution in [3.05, 3.63) is 72.8 Å². The van der Waals surface area contributed by atoms with E-state index in [1.54, 1.807) is 16.7 Å². The van der Waals surface area contributed by atoms with E-state index in [-0.39, 0.29) is 24.8 Å². The predicted molar refractivity (Wildman–Crippen MR) is 145 cm³/mol. The molecule has 4 rings (SSSR count). The van der Waals surface area contributed by atoms with Gasteiger partial charge in [-0.3, -0.25) is 0 Å². The SMILES string of the molecule is CCc1ccc(-c2cccc3c2C=C(C)[CH]3[Zr]([CH3])([CH3])(=[SiH2])[C]2=C(C)C(C)=C(C)C2C)o1.Cl.Cl. The normalized spacial score (nSPS) is 20.7. The average molecular weight is 569 g/mol. The van der Waals surface area contributed by atoms with Crippen LogP contribution < -0.4 is 0 Å². The van der Waals surface area contributed by atoms with Crippen molar-refractivity contribution in [2.24, 2.45) is 5.92 Å². The van der Waals surface area contributed by atoms with E-state index in [1.807, 2.05) is 3.28 Å². The van der Waals surface area contributed by atoms with Gasteiger partial charge in [0.1, 0.15) is 0 Å². The van der Waals surface area contributed by atoms with Crippen LogP contribution in [0, 0.1) is 5.92 Å². The molecule has 5 heteroatoms. The molecule has 0 bridgehead atoms. The van der Waals surface area contributed by atoms with Crippen molar-refractivity contribution in [2.45, 2.75) is 60.9 Å². The number of furan rings is 1. The Labute approximate surface area is 209 Å². The van der Waals surface area contributed by atoms with Crippen molar-refractivity contribution in [3.8, 4) is 11.3 Å². The third kappa shape index (κ3) is 4.06. The molecule has 1 aromatic carbocycles. The second-order valence-electron chi connectivity index (χ2n) is 10.6. The number of allylic oxidation sites excluding steroid dienone is 5. The van der Waals surface area contributed by atoms with E-state index < -0.39 is 17.4 Å². The van der Waals surface area contributed by atoms with Gasteiger partial charge in [-0.05, 0) is 0 Å². The zero-order valence-corrected chi connectivity index (χ0v) is 26.3. The second kappa shape index (κ2) is 9.21. The minimum Gasteiger partial charge on any atom is -0.147 e. The van der Waals surface area contributed by atoms with Crippen LogP contribution in [0.15, 0.2) is 60.3 Å². The van der Waals surface area contributed by atoms with Gasteiger partial charge in [-0.2, -0.15) is 0 Å². The van der Waals surface area contributed by atoms with E-state index in [4.69, 9.17) is 4.42 Å². The number of hydrogen-bond donors (Lipinski definition) is 0. The summed E-state index contributed by atoms with van der Waals surface area (Å²) in [6.07, 6.45) is 3.39. The standard InChI is InChI=1S/C16H15O.C9H13.2CH3.2ClH.H2Si.Zr/c1-3-13-7-8-16(17-13)14-6-4-5-12-9-11(2)10-15(12)14;1-6-5-7(2)9(4)8(6)3;;;;;;/h4-10H,3H2,1-2H3;6H,1-4H3;2*1H3;2*1H;1H2;. The summed E-state index contributed by atoms with van der Waals surface area (Å²) in [5, 5.41) is 0. The van der Waals surface area contributed by atoms with Gasteiger partial charge < -0.3 is 0 Å². The Hall–Kier alpha value is -0.600. The molecule has 2 aliphatic rings. The first-order valence-electron chi connectivity index (χ1n) is 11.3. The molecule has 174 valence electrons. The molecule has 1 heterocycles. The first kappa shape index (κ1) is 27.6. The molecule has 0 aliphatic heterocycles. The molecular formula is C27H38Cl2OSiZr. The van der Waals surface area contributed by atoms with Gasteiger partial charge in [-0.15, -0.1) is 24.8 Å². The molecule has 0 saturated heterocycles. The fraction of sp³-hybridized carbons (Fsp3) is 0.407. The van der Waals surface area contributed by atoms with Gasteiger partial charge in [0.2, 0.25) is 0 Å². The van der Waals surface area contributed by atoms with Crippen LogP contribution in [0.4, 0.5) is 0 Å². The Morgan fingerprint density at radius 2 is 1.62 bits per heavy atom. The largest absolute Gasteiger partial charge is 0.147 e. The Morgan fingerprint density at radius 1 is 0.969 bits per heavy atom. The van der Waals surface area contributed by atoms with Crippen LogP contribution in [-0.2, 0) is 23.8 Å². The molecule has 0 N–H and O–H groups in total. The number of halogens is 2. The molecule has 1 aromatic heterocycles. The number of aryl methyl sites for hydroxylation is 1. The molecule has 2 atom stereocenters. The third-order valence-corrected chi connectivity index (χ3v) is 25.4. The molecule has 0 radical (unpaired) electrons. The van der Waals surface area contributed by atoms with E-state index >= 15 is 0 Å². The monoisotopic (exact) mass is 566 g/mol. The van der Waals surface area contributed by atoms with Gasteiger partial charge in [-0.1, -0.05) is 0 Å².